The SMILES string of the molecule is COC1=C(OC)/C(=C/OP(=O)(O)C[C@H]2O[C@@H](n3cnc4c(N)ncnc43)[C@H](O)C2OP(=O)(O)COCCn2cnc3ncnc(N)c32)OC1=O. The fourth-order valence-electron chi connectivity index (χ4n) is 5.20. The standard InChI is InChI=1S/C25H30N10O13P2/c1-42-18-12(47-25(37)19(18)43-2)5-45-49(38,39)6-13-17(16(36)24(46-13)35-10-32-14-20(26)28-8-31-23(14)35)48-50(40,41)11-44-4-3-34-9-33-22-15(34)21(27)29-7-30-22/h5,7-10,13,16-17,24,36H,3-4,6,11H2,1-2H3,(H,38,39)(H,40,41)(H2,26,28,31)(H2,27,29,30)/b12-5-/t13-,16-,17?,24-/m1/s1. The summed E-state index contributed by atoms with van der Waals surface area (Å²) in [5.74, 6) is -1.58. The molecule has 1 saturated heterocycles. The molecule has 0 aliphatic carbocycles. The van der Waals surface area contributed by atoms with Crippen molar-refractivity contribution in [3.05, 3.63) is 48.8 Å². The Morgan fingerprint density at radius 1 is 0.980 bits per heavy atom. The van der Waals surface area contributed by atoms with Crippen LogP contribution in [-0.2, 0) is 53.2 Å². The van der Waals surface area contributed by atoms with Gasteiger partial charge >= 0.3 is 21.2 Å². The fraction of sp³-hybridized carbons (Fsp3) is 0.400. The van der Waals surface area contributed by atoms with E-state index in [2.05, 4.69) is 29.9 Å². The van der Waals surface area contributed by atoms with Gasteiger partial charge in [-0.2, -0.15) is 0 Å². The highest BCUT2D eigenvalue weighted by Gasteiger charge is 2.51. The number of methoxy groups -OCH3 is 2. The van der Waals surface area contributed by atoms with Crippen molar-refractivity contribution in [1.29, 1.82) is 0 Å². The summed E-state index contributed by atoms with van der Waals surface area (Å²) in [7, 11) is -7.05. The lowest BCUT2D eigenvalue weighted by Crippen LogP contribution is -2.35. The Bertz CT molecular complexity index is 2090. The van der Waals surface area contributed by atoms with E-state index in [0.717, 1.165) is 6.33 Å². The van der Waals surface area contributed by atoms with Crippen LogP contribution in [0.25, 0.3) is 22.3 Å². The molecule has 0 spiro atoms. The summed E-state index contributed by atoms with van der Waals surface area (Å²) in [4.78, 5) is 57.7. The summed E-state index contributed by atoms with van der Waals surface area (Å²) >= 11 is 0. The second-order valence-electron chi connectivity index (χ2n) is 10.6. The molecule has 7 N–H and O–H groups in total. The topological polar surface area (TPSA) is 316 Å². The number of nitrogens with two attached hydrogens (primary N) is 2. The number of nitrogens with zero attached hydrogens (tertiary/aromatic N) is 8. The predicted octanol–water partition coefficient (Wildman–Crippen LogP) is -0.262. The molecule has 268 valence electrons. The van der Waals surface area contributed by atoms with Crippen molar-refractivity contribution in [2.24, 2.45) is 0 Å². The lowest BCUT2D eigenvalue weighted by atomic mass is 10.1. The first kappa shape index (κ1) is 35.1. The number of rotatable bonds is 14. The third kappa shape index (κ3) is 6.98. The molecule has 3 unspecified atom stereocenters. The van der Waals surface area contributed by atoms with Gasteiger partial charge in [0.25, 0.3) is 5.76 Å². The van der Waals surface area contributed by atoms with Crippen molar-refractivity contribution in [2.75, 3.05) is 44.8 Å². The average Bonchev–Trinajstić information content (AvgIpc) is 3.83. The average molecular weight is 741 g/mol. The van der Waals surface area contributed by atoms with Crippen LogP contribution in [0.3, 0.4) is 0 Å². The highest BCUT2D eigenvalue weighted by molar-refractivity contribution is 7.53. The van der Waals surface area contributed by atoms with E-state index in [4.69, 9.17) is 44.2 Å². The molecule has 25 heteroatoms. The minimum Gasteiger partial charge on any atom is -0.489 e. The Balaban J connectivity index is 1.19. The lowest BCUT2D eigenvalue weighted by molar-refractivity contribution is -0.136. The first-order valence-electron chi connectivity index (χ1n) is 14.3. The molecule has 4 aromatic rings. The molecule has 0 aromatic carbocycles. The van der Waals surface area contributed by atoms with Crippen LogP contribution in [0.15, 0.2) is 48.8 Å². The number of hydrogen-bond acceptors (Lipinski definition) is 19. The van der Waals surface area contributed by atoms with Gasteiger partial charge in [-0.1, -0.05) is 0 Å². The van der Waals surface area contributed by atoms with Crippen molar-refractivity contribution in [3.8, 4) is 0 Å². The highest BCUT2D eigenvalue weighted by atomic mass is 31.2. The van der Waals surface area contributed by atoms with E-state index in [0.29, 0.717) is 17.4 Å². The van der Waals surface area contributed by atoms with Crippen molar-refractivity contribution in [2.45, 2.75) is 31.1 Å². The zero-order valence-electron chi connectivity index (χ0n) is 26.1. The second-order valence-corrected chi connectivity index (χ2v) is 14.2. The summed E-state index contributed by atoms with van der Waals surface area (Å²) < 4.78 is 66.2. The van der Waals surface area contributed by atoms with Gasteiger partial charge in [-0.05, 0) is 0 Å². The Labute approximate surface area is 280 Å². The van der Waals surface area contributed by atoms with Gasteiger partial charge in [0.1, 0.15) is 54.6 Å². The van der Waals surface area contributed by atoms with Gasteiger partial charge < -0.3 is 59.1 Å². The minimum absolute atomic E-state index is 0.0246. The Morgan fingerprint density at radius 2 is 1.72 bits per heavy atom. The van der Waals surface area contributed by atoms with Crippen LogP contribution in [-0.4, -0.2) is 112 Å². The predicted molar refractivity (Wildman–Crippen MR) is 166 cm³/mol. The Hall–Kier alpha value is -4.73. The van der Waals surface area contributed by atoms with Crippen LogP contribution in [0.2, 0.25) is 0 Å². The number of ether oxygens (including phenoxy) is 5. The van der Waals surface area contributed by atoms with E-state index < -0.39 is 58.2 Å². The van der Waals surface area contributed by atoms with Crippen LogP contribution in [0.1, 0.15) is 6.23 Å². The number of aliphatic hydroxyl groups excluding tert-OH is 1. The van der Waals surface area contributed by atoms with Crippen LogP contribution in [0, 0.1) is 0 Å². The molecule has 6 rings (SSSR count). The number of hydrogen-bond donors (Lipinski definition) is 5. The number of aliphatic hydroxyl groups is 1. The van der Waals surface area contributed by atoms with Crippen LogP contribution in [0.5, 0.6) is 0 Å². The summed E-state index contributed by atoms with van der Waals surface area (Å²) in [5.41, 5.74) is 12.9. The van der Waals surface area contributed by atoms with Crippen LogP contribution in [0.4, 0.5) is 11.6 Å². The normalized spacial score (nSPS) is 24.1. The van der Waals surface area contributed by atoms with Crippen molar-refractivity contribution in [3.63, 3.8) is 0 Å². The number of nitrogen functional groups attached to an aromatic ring is 2. The Kier molecular flexibility index (Phi) is 9.75. The summed E-state index contributed by atoms with van der Waals surface area (Å²) in [6.45, 7) is 0.0432. The van der Waals surface area contributed by atoms with Gasteiger partial charge in [-0.3, -0.25) is 13.7 Å². The Morgan fingerprint density at radius 3 is 2.48 bits per heavy atom. The van der Waals surface area contributed by atoms with Gasteiger partial charge in [-0.25, -0.2) is 39.3 Å². The molecule has 6 heterocycles. The van der Waals surface area contributed by atoms with E-state index in [1.807, 2.05) is 0 Å². The number of esters is 1. The quantitative estimate of drug-likeness (QED) is 0.0481. The monoisotopic (exact) mass is 740 g/mol. The molecule has 1 fully saturated rings. The van der Waals surface area contributed by atoms with Gasteiger partial charge in [0.05, 0.1) is 39.6 Å². The highest BCUT2D eigenvalue weighted by Crippen LogP contribution is 2.52. The molecular weight excluding hydrogens is 710 g/mol. The number of cyclic esters (lactones) is 1. The molecule has 0 bridgehead atoms. The molecular formula is C25H30N10O13P2. The molecule has 2 aliphatic heterocycles. The smallest absolute Gasteiger partial charge is 0.383 e. The third-order valence-corrected chi connectivity index (χ3v) is 9.73. The summed E-state index contributed by atoms with van der Waals surface area (Å²) in [5, 5.41) is 11.4. The second kappa shape index (κ2) is 13.9. The molecule has 4 aromatic heterocycles. The third-order valence-electron chi connectivity index (χ3n) is 7.39. The number of carbonyl (C=O) groups excluding carboxylic acids is 1. The first-order chi connectivity index (χ1) is 23.8. The summed E-state index contributed by atoms with van der Waals surface area (Å²) in [6, 6.07) is 0. The molecule has 2 aliphatic rings. The van der Waals surface area contributed by atoms with E-state index in [9.17, 15) is 28.8 Å². The number of carbonyl (C=O) groups is 1. The first-order valence-corrected chi connectivity index (χ1v) is 17.9. The van der Waals surface area contributed by atoms with Gasteiger partial charge in [0, 0.05) is 6.54 Å². The zero-order valence-corrected chi connectivity index (χ0v) is 27.9. The molecule has 0 saturated carbocycles. The number of anilines is 2. The van der Waals surface area contributed by atoms with Gasteiger partial charge in [-0.15, -0.1) is 0 Å². The maximum atomic E-state index is 13.3. The minimum atomic E-state index is -4.75. The summed E-state index contributed by atoms with van der Waals surface area (Å²) in [6.07, 6.45) is -2.40. The molecule has 6 atom stereocenters. The maximum absolute atomic E-state index is 13.3. The largest absolute Gasteiger partial charge is 0.489 e. The molecule has 23 nitrogen and oxygen atoms in total. The van der Waals surface area contributed by atoms with E-state index in [1.54, 1.807) is 4.57 Å². The fourth-order valence-corrected chi connectivity index (χ4v) is 7.35. The van der Waals surface area contributed by atoms with Gasteiger partial charge in [0.15, 0.2) is 29.2 Å². The van der Waals surface area contributed by atoms with E-state index >= 15 is 0 Å². The molecule has 0 amide bonds. The van der Waals surface area contributed by atoms with Crippen molar-refractivity contribution >= 4 is 55.1 Å². The lowest BCUT2D eigenvalue weighted by Gasteiger charge is -2.24. The number of imidazole rings is 2. The van der Waals surface area contributed by atoms with Gasteiger partial charge in [0.2, 0.25) is 11.5 Å². The maximum Gasteiger partial charge on any atom is 0.383 e. The van der Waals surface area contributed by atoms with Crippen LogP contribution < -0.4 is 11.5 Å². The van der Waals surface area contributed by atoms with E-state index in [-0.39, 0.29) is 53.2 Å². The number of fused-ring (bicyclic) bond motifs is 2. The number of aromatic nitrogens is 8. The van der Waals surface area contributed by atoms with E-state index in [1.165, 1.54) is 37.8 Å². The van der Waals surface area contributed by atoms with Crippen molar-refractivity contribution in [1.82, 2.24) is 39.0 Å². The molecule has 0 radical (unpaired) electrons. The van der Waals surface area contributed by atoms with Crippen molar-refractivity contribution < 1.29 is 61.5 Å². The van der Waals surface area contributed by atoms with Crippen LogP contribution >= 0.6 is 15.2 Å². The zero-order chi connectivity index (χ0) is 35.8. The molecule has 50 heavy (non-hydrogen) atoms.